The van der Waals surface area contributed by atoms with Gasteiger partial charge in [0.2, 0.25) is 0 Å². The Morgan fingerprint density at radius 2 is 1.44 bits per heavy atom. The summed E-state index contributed by atoms with van der Waals surface area (Å²) in [6, 6.07) is 23.3. The number of esters is 1. The third-order valence-corrected chi connectivity index (χ3v) is 4.16. The lowest BCUT2D eigenvalue weighted by atomic mass is 10.1. The molecular weight excluding hydrogens is 362 g/mol. The largest absolute Gasteiger partial charge is 0.461 e. The van der Waals surface area contributed by atoms with Crippen molar-refractivity contribution in [1.82, 2.24) is 0 Å². The summed E-state index contributed by atoms with van der Waals surface area (Å²) in [7, 11) is 0. The van der Waals surface area contributed by atoms with Gasteiger partial charge in [0, 0.05) is 16.3 Å². The maximum atomic E-state index is 12.2. The van der Waals surface area contributed by atoms with Crippen LogP contribution in [0.25, 0.3) is 0 Å². The van der Waals surface area contributed by atoms with Gasteiger partial charge in [-0.1, -0.05) is 54.1 Å². The summed E-state index contributed by atoms with van der Waals surface area (Å²) in [5, 5.41) is 3.45. The lowest BCUT2D eigenvalue weighted by molar-refractivity contribution is -0.144. The van der Waals surface area contributed by atoms with Crippen molar-refractivity contribution in [1.29, 1.82) is 0 Å². The molecule has 1 amide bonds. The molecule has 0 aliphatic heterocycles. The Balaban J connectivity index is 1.50. The highest BCUT2D eigenvalue weighted by Crippen LogP contribution is 2.12. The minimum Gasteiger partial charge on any atom is -0.461 e. The van der Waals surface area contributed by atoms with Crippen molar-refractivity contribution in [2.75, 3.05) is 5.32 Å². The van der Waals surface area contributed by atoms with Crippen LogP contribution in [0.15, 0.2) is 78.9 Å². The van der Waals surface area contributed by atoms with Gasteiger partial charge in [0.25, 0.3) is 5.91 Å². The molecule has 0 heterocycles. The van der Waals surface area contributed by atoms with Gasteiger partial charge in [-0.25, -0.2) is 0 Å². The average Bonchev–Trinajstić information content (AvgIpc) is 2.69. The summed E-state index contributed by atoms with van der Waals surface area (Å²) < 4.78 is 5.29. The second kappa shape index (κ2) is 9.01. The first-order chi connectivity index (χ1) is 13.1. The monoisotopic (exact) mass is 379 g/mol. The van der Waals surface area contributed by atoms with Crippen LogP contribution in [-0.4, -0.2) is 11.9 Å². The first-order valence-corrected chi connectivity index (χ1v) is 8.83. The SMILES string of the molecule is O=C(Cc1ccc(Cl)cc1)OCc1ccc(C(=O)Nc2ccccc2)cc1. The molecule has 0 saturated carbocycles. The molecule has 3 aromatic rings. The van der Waals surface area contributed by atoms with E-state index in [4.69, 9.17) is 16.3 Å². The molecule has 5 heteroatoms. The van der Waals surface area contributed by atoms with Crippen molar-refractivity contribution in [3.63, 3.8) is 0 Å². The molecule has 0 spiro atoms. The molecule has 1 N–H and O–H groups in total. The van der Waals surface area contributed by atoms with E-state index in [-0.39, 0.29) is 24.9 Å². The molecule has 0 fully saturated rings. The molecule has 0 saturated heterocycles. The molecule has 3 rings (SSSR count). The number of hydrogen-bond acceptors (Lipinski definition) is 3. The van der Waals surface area contributed by atoms with Gasteiger partial charge in [-0.05, 0) is 47.5 Å². The second-order valence-corrected chi connectivity index (χ2v) is 6.42. The number of carbonyl (C=O) groups excluding carboxylic acids is 2. The van der Waals surface area contributed by atoms with Crippen molar-refractivity contribution in [2.45, 2.75) is 13.0 Å². The predicted molar refractivity (Wildman–Crippen MR) is 106 cm³/mol. The molecule has 0 radical (unpaired) electrons. The lowest BCUT2D eigenvalue weighted by Gasteiger charge is -2.07. The molecule has 0 atom stereocenters. The van der Waals surface area contributed by atoms with E-state index in [1.165, 1.54) is 0 Å². The minimum absolute atomic E-state index is 0.160. The standard InChI is InChI=1S/C22H18ClNO3/c23-19-12-8-16(9-13-19)14-21(25)27-15-17-6-10-18(11-7-17)22(26)24-20-4-2-1-3-5-20/h1-13H,14-15H2,(H,24,26). The quantitative estimate of drug-likeness (QED) is 0.621. The molecule has 0 aliphatic rings. The molecule has 136 valence electrons. The minimum atomic E-state index is -0.316. The van der Waals surface area contributed by atoms with Crippen LogP contribution >= 0.6 is 11.6 Å². The van der Waals surface area contributed by atoms with Crippen molar-refractivity contribution in [2.24, 2.45) is 0 Å². The molecule has 27 heavy (non-hydrogen) atoms. The van der Waals surface area contributed by atoms with Crippen molar-refractivity contribution in [3.8, 4) is 0 Å². The Labute approximate surface area is 162 Å². The van der Waals surface area contributed by atoms with E-state index < -0.39 is 0 Å². The van der Waals surface area contributed by atoms with E-state index >= 15 is 0 Å². The van der Waals surface area contributed by atoms with Gasteiger partial charge >= 0.3 is 5.97 Å². The zero-order valence-electron chi connectivity index (χ0n) is 14.5. The van der Waals surface area contributed by atoms with Crippen LogP contribution in [0.1, 0.15) is 21.5 Å². The maximum absolute atomic E-state index is 12.2. The summed E-state index contributed by atoms with van der Waals surface area (Å²) >= 11 is 5.83. The highest BCUT2D eigenvalue weighted by molar-refractivity contribution is 6.30. The van der Waals surface area contributed by atoms with Crippen LogP contribution in [0.3, 0.4) is 0 Å². The number of benzene rings is 3. The second-order valence-electron chi connectivity index (χ2n) is 5.98. The number of hydrogen-bond donors (Lipinski definition) is 1. The van der Waals surface area contributed by atoms with E-state index in [9.17, 15) is 9.59 Å². The molecule has 0 unspecified atom stereocenters. The number of rotatable bonds is 6. The van der Waals surface area contributed by atoms with Crippen molar-refractivity contribution < 1.29 is 14.3 Å². The molecule has 4 nitrogen and oxygen atoms in total. The van der Waals surface area contributed by atoms with Gasteiger partial charge in [0.1, 0.15) is 6.61 Å². The van der Waals surface area contributed by atoms with Crippen LogP contribution in [-0.2, 0) is 22.6 Å². The van der Waals surface area contributed by atoms with Crippen LogP contribution < -0.4 is 5.32 Å². The molecular formula is C22H18ClNO3. The lowest BCUT2D eigenvalue weighted by Crippen LogP contribution is -2.12. The first kappa shape index (κ1) is 18.7. The summed E-state index contributed by atoms with van der Waals surface area (Å²) in [6.45, 7) is 0.160. The normalized spacial score (nSPS) is 10.3. The Morgan fingerprint density at radius 1 is 0.815 bits per heavy atom. The van der Waals surface area contributed by atoms with Gasteiger partial charge in [-0.15, -0.1) is 0 Å². The number of amides is 1. The van der Waals surface area contributed by atoms with Crippen molar-refractivity contribution >= 4 is 29.2 Å². The summed E-state index contributed by atoms with van der Waals surface area (Å²) in [4.78, 5) is 24.1. The maximum Gasteiger partial charge on any atom is 0.310 e. The first-order valence-electron chi connectivity index (χ1n) is 8.45. The van der Waals surface area contributed by atoms with Gasteiger partial charge in [0.05, 0.1) is 6.42 Å². The van der Waals surface area contributed by atoms with Gasteiger partial charge < -0.3 is 10.1 Å². The van der Waals surface area contributed by atoms with Gasteiger partial charge in [0.15, 0.2) is 0 Å². The Morgan fingerprint density at radius 3 is 2.11 bits per heavy atom. The number of carbonyl (C=O) groups is 2. The zero-order chi connectivity index (χ0) is 19.1. The fourth-order valence-corrected chi connectivity index (χ4v) is 2.59. The smallest absolute Gasteiger partial charge is 0.310 e. The fourth-order valence-electron chi connectivity index (χ4n) is 2.46. The van der Waals surface area contributed by atoms with Gasteiger partial charge in [-0.2, -0.15) is 0 Å². The van der Waals surface area contributed by atoms with E-state index in [0.717, 1.165) is 16.8 Å². The molecule has 3 aromatic carbocycles. The van der Waals surface area contributed by atoms with Crippen molar-refractivity contribution in [3.05, 3.63) is 101 Å². The van der Waals surface area contributed by atoms with Crippen LogP contribution in [0.4, 0.5) is 5.69 Å². The number of ether oxygens (including phenoxy) is 1. The summed E-state index contributed by atoms with van der Waals surface area (Å²) in [6.07, 6.45) is 0.189. The van der Waals surface area contributed by atoms with Crippen LogP contribution in [0.5, 0.6) is 0 Å². The van der Waals surface area contributed by atoms with E-state index in [1.54, 1.807) is 48.5 Å². The number of para-hydroxylation sites is 1. The molecule has 0 bridgehead atoms. The third-order valence-electron chi connectivity index (χ3n) is 3.91. The summed E-state index contributed by atoms with van der Waals surface area (Å²) in [5.74, 6) is -0.504. The van der Waals surface area contributed by atoms with Crippen LogP contribution in [0, 0.1) is 0 Å². The zero-order valence-corrected chi connectivity index (χ0v) is 15.3. The average molecular weight is 380 g/mol. The van der Waals surface area contributed by atoms with Gasteiger partial charge in [-0.3, -0.25) is 9.59 Å². The Hall–Kier alpha value is -3.11. The van der Waals surface area contributed by atoms with Crippen LogP contribution in [0.2, 0.25) is 5.02 Å². The van der Waals surface area contributed by atoms with E-state index in [2.05, 4.69) is 5.32 Å². The Bertz CT molecular complexity index is 907. The van der Waals surface area contributed by atoms with E-state index in [0.29, 0.717) is 10.6 Å². The number of nitrogens with one attached hydrogen (secondary N) is 1. The third kappa shape index (κ3) is 5.69. The highest BCUT2D eigenvalue weighted by atomic mass is 35.5. The number of anilines is 1. The fraction of sp³-hybridized carbons (Fsp3) is 0.0909. The summed E-state index contributed by atoms with van der Waals surface area (Å²) in [5.41, 5.74) is 2.94. The topological polar surface area (TPSA) is 55.4 Å². The van der Waals surface area contributed by atoms with E-state index in [1.807, 2.05) is 30.3 Å². The molecule has 0 aromatic heterocycles. The molecule has 0 aliphatic carbocycles. The highest BCUT2D eigenvalue weighted by Gasteiger charge is 2.08. The predicted octanol–water partition coefficient (Wildman–Crippen LogP) is 4.88. The number of halogens is 1. The Kier molecular flexibility index (Phi) is 6.23.